The van der Waals surface area contributed by atoms with E-state index in [1.807, 2.05) is 12.1 Å². The summed E-state index contributed by atoms with van der Waals surface area (Å²) in [5.41, 5.74) is 1.53. The predicted molar refractivity (Wildman–Crippen MR) is 126 cm³/mol. The highest BCUT2D eigenvalue weighted by Gasteiger charge is 2.30. The number of piperidine rings is 1. The molecule has 1 N–H and O–H groups in total. The molecule has 0 bridgehead atoms. The summed E-state index contributed by atoms with van der Waals surface area (Å²) in [4.78, 5) is 2.70. The minimum Gasteiger partial charge on any atom is -0.369 e. The number of hydrogen-bond acceptors (Lipinski definition) is 4. The van der Waals surface area contributed by atoms with Gasteiger partial charge in [0.1, 0.15) is 11.6 Å². The lowest BCUT2D eigenvalue weighted by atomic mass is 9.77. The summed E-state index contributed by atoms with van der Waals surface area (Å²) in [6.45, 7) is 7.08. The fraction of sp³-hybridized carbons (Fsp3) is 0.600. The Labute approximate surface area is 190 Å². The van der Waals surface area contributed by atoms with Crippen molar-refractivity contribution in [3.63, 3.8) is 0 Å². The summed E-state index contributed by atoms with van der Waals surface area (Å²) in [5.74, 6) is 1.35. The van der Waals surface area contributed by atoms with Gasteiger partial charge in [-0.25, -0.2) is 4.39 Å². The first-order valence-electron chi connectivity index (χ1n) is 11.8. The standard InChI is InChI=1S/C25H34ClFN4/c1-25(12-15-31(16-13-25)18-19-5-3-2-4-6-19)11-14-28-24-10-9-23(29-30-24)21-17-20(27)7-8-22(21)26/h7-10,17,19H,2-6,11-16,18H2,1H3,(H,28,30). The Morgan fingerprint density at radius 1 is 1.10 bits per heavy atom. The van der Waals surface area contributed by atoms with Gasteiger partial charge in [-0.3, -0.25) is 0 Å². The van der Waals surface area contributed by atoms with Gasteiger partial charge in [-0.15, -0.1) is 10.2 Å². The second-order valence-corrected chi connectivity index (χ2v) is 10.1. The topological polar surface area (TPSA) is 41.1 Å². The fourth-order valence-electron chi connectivity index (χ4n) is 5.02. The van der Waals surface area contributed by atoms with Crippen molar-refractivity contribution in [2.45, 2.75) is 58.3 Å². The van der Waals surface area contributed by atoms with Crippen molar-refractivity contribution in [1.29, 1.82) is 0 Å². The van der Waals surface area contributed by atoms with Gasteiger partial charge in [0.05, 0.1) is 10.7 Å². The normalized spacial score (nSPS) is 20.0. The Balaban J connectivity index is 1.22. The van der Waals surface area contributed by atoms with Gasteiger partial charge < -0.3 is 10.2 Å². The van der Waals surface area contributed by atoms with Crippen LogP contribution >= 0.6 is 11.6 Å². The van der Waals surface area contributed by atoms with E-state index in [2.05, 4.69) is 27.3 Å². The minimum absolute atomic E-state index is 0.332. The summed E-state index contributed by atoms with van der Waals surface area (Å²) in [6, 6.07) is 8.00. The molecule has 2 aliphatic rings. The Bertz CT molecular complexity index is 843. The summed E-state index contributed by atoms with van der Waals surface area (Å²) in [6.07, 6.45) is 10.8. The van der Waals surface area contributed by atoms with Gasteiger partial charge in [-0.1, -0.05) is 37.8 Å². The molecular formula is C25H34ClFN4. The highest BCUT2D eigenvalue weighted by Crippen LogP contribution is 2.35. The first kappa shape index (κ1) is 22.5. The van der Waals surface area contributed by atoms with Crippen LogP contribution in [0.1, 0.15) is 58.3 Å². The number of nitrogens with one attached hydrogen (secondary N) is 1. The third kappa shape index (κ3) is 6.17. The molecule has 2 fully saturated rings. The van der Waals surface area contributed by atoms with E-state index in [1.165, 1.54) is 76.7 Å². The van der Waals surface area contributed by atoms with Crippen LogP contribution in [-0.2, 0) is 0 Å². The molecule has 0 spiro atoms. The summed E-state index contributed by atoms with van der Waals surface area (Å²) in [5, 5.41) is 12.4. The molecule has 0 atom stereocenters. The highest BCUT2D eigenvalue weighted by molar-refractivity contribution is 6.33. The zero-order chi connectivity index (χ0) is 21.7. The molecule has 168 valence electrons. The van der Waals surface area contributed by atoms with Gasteiger partial charge in [0.25, 0.3) is 0 Å². The van der Waals surface area contributed by atoms with Crippen molar-refractivity contribution in [3.8, 4) is 11.3 Å². The van der Waals surface area contributed by atoms with Crippen LogP contribution in [0.2, 0.25) is 5.02 Å². The van der Waals surface area contributed by atoms with E-state index < -0.39 is 0 Å². The van der Waals surface area contributed by atoms with Gasteiger partial charge in [-0.05, 0) is 86.9 Å². The van der Waals surface area contributed by atoms with Gasteiger partial charge in [0, 0.05) is 18.7 Å². The molecule has 1 saturated carbocycles. The Hall–Kier alpha value is -1.72. The van der Waals surface area contributed by atoms with Crippen LogP contribution < -0.4 is 5.32 Å². The van der Waals surface area contributed by atoms with E-state index in [0.29, 0.717) is 21.7 Å². The molecule has 1 saturated heterocycles. The van der Waals surface area contributed by atoms with Crippen LogP contribution in [0.15, 0.2) is 30.3 Å². The molecule has 1 aliphatic heterocycles. The van der Waals surface area contributed by atoms with Crippen molar-refractivity contribution in [1.82, 2.24) is 15.1 Å². The number of anilines is 1. The SMILES string of the molecule is CC1(CCNc2ccc(-c3cc(F)ccc3Cl)nn2)CCN(CC2CCCCC2)CC1. The largest absolute Gasteiger partial charge is 0.369 e. The van der Waals surface area contributed by atoms with Crippen LogP contribution in [0, 0.1) is 17.2 Å². The fourth-order valence-corrected chi connectivity index (χ4v) is 5.23. The molecule has 0 unspecified atom stereocenters. The lowest BCUT2D eigenvalue weighted by Gasteiger charge is -2.41. The van der Waals surface area contributed by atoms with Crippen LogP contribution in [-0.4, -0.2) is 41.3 Å². The van der Waals surface area contributed by atoms with Crippen molar-refractivity contribution >= 4 is 17.4 Å². The first-order chi connectivity index (χ1) is 15.0. The van der Waals surface area contributed by atoms with Gasteiger partial charge >= 0.3 is 0 Å². The van der Waals surface area contributed by atoms with E-state index in [-0.39, 0.29) is 5.82 Å². The molecule has 6 heteroatoms. The third-order valence-electron chi connectivity index (χ3n) is 7.21. The molecule has 1 aliphatic carbocycles. The minimum atomic E-state index is -0.332. The van der Waals surface area contributed by atoms with Crippen molar-refractivity contribution in [2.75, 3.05) is 31.5 Å². The number of likely N-dealkylation sites (tertiary alicyclic amines) is 1. The van der Waals surface area contributed by atoms with Crippen LogP contribution in [0.25, 0.3) is 11.3 Å². The molecule has 0 amide bonds. The molecule has 0 radical (unpaired) electrons. The molecule has 2 aromatic rings. The number of benzene rings is 1. The maximum atomic E-state index is 13.5. The molecule has 4 nitrogen and oxygen atoms in total. The quantitative estimate of drug-likeness (QED) is 0.534. The zero-order valence-electron chi connectivity index (χ0n) is 18.5. The van der Waals surface area contributed by atoms with E-state index in [0.717, 1.165) is 24.7 Å². The predicted octanol–water partition coefficient (Wildman–Crippen LogP) is 6.42. The van der Waals surface area contributed by atoms with Crippen molar-refractivity contribution < 1.29 is 4.39 Å². The van der Waals surface area contributed by atoms with Crippen LogP contribution in [0.4, 0.5) is 10.2 Å². The van der Waals surface area contributed by atoms with Crippen LogP contribution in [0.3, 0.4) is 0 Å². The highest BCUT2D eigenvalue weighted by atomic mass is 35.5. The number of hydrogen-bond donors (Lipinski definition) is 1. The van der Waals surface area contributed by atoms with E-state index in [9.17, 15) is 4.39 Å². The van der Waals surface area contributed by atoms with E-state index in [1.54, 1.807) is 6.07 Å². The molecule has 31 heavy (non-hydrogen) atoms. The van der Waals surface area contributed by atoms with E-state index in [4.69, 9.17) is 11.6 Å². The van der Waals surface area contributed by atoms with Gasteiger partial charge in [-0.2, -0.15) is 0 Å². The van der Waals surface area contributed by atoms with E-state index >= 15 is 0 Å². The monoisotopic (exact) mass is 444 g/mol. The number of halogens is 2. The molecule has 2 heterocycles. The lowest BCUT2D eigenvalue weighted by Crippen LogP contribution is -2.41. The zero-order valence-corrected chi connectivity index (χ0v) is 19.3. The third-order valence-corrected chi connectivity index (χ3v) is 7.54. The second-order valence-electron chi connectivity index (χ2n) is 9.72. The van der Waals surface area contributed by atoms with Crippen molar-refractivity contribution in [3.05, 3.63) is 41.2 Å². The maximum absolute atomic E-state index is 13.5. The average molecular weight is 445 g/mol. The number of rotatable bonds is 7. The second kappa shape index (κ2) is 10.3. The Morgan fingerprint density at radius 3 is 2.58 bits per heavy atom. The Morgan fingerprint density at radius 2 is 1.87 bits per heavy atom. The number of aromatic nitrogens is 2. The lowest BCUT2D eigenvalue weighted by molar-refractivity contribution is 0.0934. The van der Waals surface area contributed by atoms with Gasteiger partial charge in [0.2, 0.25) is 0 Å². The molecule has 1 aromatic heterocycles. The molecule has 1 aromatic carbocycles. The Kier molecular flexibility index (Phi) is 7.44. The smallest absolute Gasteiger partial charge is 0.148 e. The summed E-state index contributed by atoms with van der Waals surface area (Å²) >= 11 is 6.17. The summed E-state index contributed by atoms with van der Waals surface area (Å²) < 4.78 is 13.5. The maximum Gasteiger partial charge on any atom is 0.148 e. The van der Waals surface area contributed by atoms with Crippen molar-refractivity contribution in [2.24, 2.45) is 11.3 Å². The average Bonchev–Trinajstić information content (AvgIpc) is 2.78. The molecule has 4 rings (SSSR count). The number of nitrogens with zero attached hydrogens (tertiary/aromatic N) is 3. The first-order valence-corrected chi connectivity index (χ1v) is 12.1. The summed E-state index contributed by atoms with van der Waals surface area (Å²) in [7, 11) is 0. The molecular weight excluding hydrogens is 411 g/mol. The van der Waals surface area contributed by atoms with Gasteiger partial charge in [0.15, 0.2) is 0 Å². The van der Waals surface area contributed by atoms with Crippen LogP contribution in [0.5, 0.6) is 0 Å².